The lowest BCUT2D eigenvalue weighted by Gasteiger charge is -2.27. The van der Waals surface area contributed by atoms with Crippen molar-refractivity contribution in [3.05, 3.63) is 144 Å². The molecule has 0 aliphatic heterocycles. The maximum atomic E-state index is 6.12. The van der Waals surface area contributed by atoms with Crippen molar-refractivity contribution in [3.8, 4) is 0 Å². The van der Waals surface area contributed by atoms with Gasteiger partial charge in [-0.25, -0.2) is 0 Å². The van der Waals surface area contributed by atoms with Gasteiger partial charge in [0.2, 0.25) is 0 Å². The summed E-state index contributed by atoms with van der Waals surface area (Å²) in [6, 6.07) is 29.1. The van der Waals surface area contributed by atoms with Gasteiger partial charge in [0.25, 0.3) is 0 Å². The van der Waals surface area contributed by atoms with Gasteiger partial charge < -0.3 is 10.6 Å². The van der Waals surface area contributed by atoms with E-state index in [1.165, 1.54) is 5.56 Å². The maximum absolute atomic E-state index is 6.12. The summed E-state index contributed by atoms with van der Waals surface area (Å²) >= 11 is 0. The second kappa shape index (κ2) is 11.0. The molecular weight excluding hydrogens is 400 g/mol. The minimum Gasteiger partial charge on any atom is -0.404 e. The Bertz CT molecular complexity index is 1210. The van der Waals surface area contributed by atoms with Gasteiger partial charge in [0, 0.05) is 30.1 Å². The summed E-state index contributed by atoms with van der Waals surface area (Å²) in [6.45, 7) is 12.7. The molecule has 0 fully saturated rings. The zero-order valence-electron chi connectivity index (χ0n) is 19.8. The Morgan fingerprint density at radius 1 is 0.879 bits per heavy atom. The molecule has 0 aliphatic rings. The van der Waals surface area contributed by atoms with E-state index in [-0.39, 0.29) is 0 Å². The number of benzene rings is 3. The van der Waals surface area contributed by atoms with Crippen LogP contribution in [0.2, 0.25) is 0 Å². The summed E-state index contributed by atoms with van der Waals surface area (Å²) in [5.41, 5.74) is 18.5. The molecule has 2 nitrogen and oxygen atoms in total. The van der Waals surface area contributed by atoms with Crippen LogP contribution in [0.5, 0.6) is 0 Å². The van der Waals surface area contributed by atoms with Crippen LogP contribution in [0.4, 0.5) is 0 Å². The second-order valence-corrected chi connectivity index (χ2v) is 7.89. The van der Waals surface area contributed by atoms with Crippen molar-refractivity contribution >= 4 is 16.7 Å². The first-order chi connectivity index (χ1) is 16.0. The highest BCUT2D eigenvalue weighted by Gasteiger charge is 2.19. The van der Waals surface area contributed by atoms with Crippen LogP contribution < -0.4 is 5.73 Å². The molecule has 0 aliphatic carbocycles. The molecule has 3 aromatic rings. The van der Waals surface area contributed by atoms with E-state index in [2.05, 4.69) is 86.2 Å². The van der Waals surface area contributed by atoms with Crippen LogP contribution in [0, 0.1) is 0 Å². The van der Waals surface area contributed by atoms with Gasteiger partial charge in [0.15, 0.2) is 0 Å². The van der Waals surface area contributed by atoms with Crippen LogP contribution in [0.1, 0.15) is 36.1 Å². The van der Waals surface area contributed by atoms with Gasteiger partial charge in [-0.2, -0.15) is 0 Å². The molecule has 0 heterocycles. The number of hydrogen-bond acceptors (Lipinski definition) is 2. The zero-order valence-corrected chi connectivity index (χ0v) is 19.8. The highest BCUT2D eigenvalue weighted by Crippen LogP contribution is 2.36. The molecule has 0 aromatic heterocycles. The predicted molar refractivity (Wildman–Crippen MR) is 143 cm³/mol. The van der Waals surface area contributed by atoms with E-state index in [1.54, 1.807) is 6.20 Å². The smallest absolute Gasteiger partial charge is 0.0927 e. The summed E-state index contributed by atoms with van der Waals surface area (Å²) in [7, 11) is 2.02. The van der Waals surface area contributed by atoms with E-state index in [9.17, 15) is 0 Å². The average molecular weight is 433 g/mol. The van der Waals surface area contributed by atoms with Gasteiger partial charge in [-0.15, -0.1) is 5.73 Å². The van der Waals surface area contributed by atoms with E-state index in [0.717, 1.165) is 51.2 Å². The van der Waals surface area contributed by atoms with Crippen LogP contribution >= 0.6 is 0 Å². The highest BCUT2D eigenvalue weighted by atomic mass is 15.1. The first-order valence-electron chi connectivity index (χ1n) is 11.2. The molecule has 2 N–H and O–H groups in total. The van der Waals surface area contributed by atoms with Gasteiger partial charge in [-0.3, -0.25) is 0 Å². The molecule has 3 rings (SSSR count). The molecule has 0 saturated carbocycles. The lowest BCUT2D eigenvalue weighted by atomic mass is 9.91. The van der Waals surface area contributed by atoms with Gasteiger partial charge in [0.1, 0.15) is 0 Å². The molecule has 3 aromatic carbocycles. The highest BCUT2D eigenvalue weighted by molar-refractivity contribution is 6.05. The minimum atomic E-state index is 0.813. The predicted octanol–water partition coefficient (Wildman–Crippen LogP) is 7.29. The van der Waals surface area contributed by atoms with Gasteiger partial charge in [0.05, 0.1) is 5.70 Å². The first-order valence-corrected chi connectivity index (χ1v) is 11.2. The lowest BCUT2D eigenvalue weighted by molar-refractivity contribution is 0.546. The summed E-state index contributed by atoms with van der Waals surface area (Å²) < 4.78 is 0. The van der Waals surface area contributed by atoms with Gasteiger partial charge in [-0.1, -0.05) is 105 Å². The van der Waals surface area contributed by atoms with Crippen LogP contribution in [0.25, 0.3) is 16.7 Å². The SMILES string of the molecule is C=C=C(/C(=C\N)c1ccc(CC)cc1)N(C)/C(C)=C(\C(=C)c1ccccc1)c1ccccc1. The summed E-state index contributed by atoms with van der Waals surface area (Å²) in [5.74, 6) is 0. The third-order valence-electron chi connectivity index (χ3n) is 5.95. The number of likely N-dealkylation sites (N-methyl/N-ethyl adjacent to an activating group) is 1. The average Bonchev–Trinajstić information content (AvgIpc) is 2.88. The number of hydrogen-bond donors (Lipinski definition) is 1. The molecule has 0 unspecified atom stereocenters. The third-order valence-corrected chi connectivity index (χ3v) is 5.95. The van der Waals surface area contributed by atoms with Crippen LogP contribution in [0.3, 0.4) is 0 Å². The largest absolute Gasteiger partial charge is 0.404 e. The maximum Gasteiger partial charge on any atom is 0.0927 e. The molecular formula is C31H32N2. The van der Waals surface area contributed by atoms with Gasteiger partial charge >= 0.3 is 0 Å². The molecule has 0 spiro atoms. The standard InChI is InChI=1S/C31H32N2/c1-6-25-18-20-27(21-19-25)29(22-32)30(7-2)33(5)24(4)31(28-16-12-9-13-17-28)23(3)26-14-10-8-11-15-26/h8-22H,2-3,6,32H2,1,4-5H3/b29-22-,31-24+. The second-order valence-electron chi connectivity index (χ2n) is 7.89. The van der Waals surface area contributed by atoms with E-state index < -0.39 is 0 Å². The van der Waals surface area contributed by atoms with Crippen molar-refractivity contribution in [1.29, 1.82) is 0 Å². The molecule has 0 atom stereocenters. The molecule has 0 amide bonds. The fraction of sp³-hybridized carbons (Fsp3) is 0.129. The Kier molecular flexibility index (Phi) is 7.91. The molecule has 166 valence electrons. The van der Waals surface area contributed by atoms with Crippen molar-refractivity contribution in [2.75, 3.05) is 7.05 Å². The minimum absolute atomic E-state index is 0.813. The van der Waals surface area contributed by atoms with Crippen LogP contribution in [0.15, 0.2) is 121 Å². The normalized spacial score (nSPS) is 11.9. The van der Waals surface area contributed by atoms with Crippen molar-refractivity contribution in [2.24, 2.45) is 5.73 Å². The molecule has 0 bridgehead atoms. The van der Waals surface area contributed by atoms with E-state index in [4.69, 9.17) is 5.73 Å². The van der Waals surface area contributed by atoms with E-state index in [0.29, 0.717) is 0 Å². The number of aryl methyl sites for hydroxylation is 1. The molecule has 0 radical (unpaired) electrons. The number of nitrogens with zero attached hydrogens (tertiary/aromatic N) is 1. The Balaban J connectivity index is 2.11. The number of allylic oxidation sites excluding steroid dienone is 4. The van der Waals surface area contributed by atoms with Crippen molar-refractivity contribution in [3.63, 3.8) is 0 Å². The fourth-order valence-electron chi connectivity index (χ4n) is 3.95. The Labute approximate surface area is 198 Å². The Morgan fingerprint density at radius 2 is 1.42 bits per heavy atom. The summed E-state index contributed by atoms with van der Waals surface area (Å²) in [4.78, 5) is 2.09. The topological polar surface area (TPSA) is 29.3 Å². The fourth-order valence-corrected chi connectivity index (χ4v) is 3.95. The Morgan fingerprint density at radius 3 is 1.91 bits per heavy atom. The number of rotatable bonds is 8. The monoisotopic (exact) mass is 432 g/mol. The van der Waals surface area contributed by atoms with Crippen molar-refractivity contribution in [1.82, 2.24) is 4.90 Å². The Hall–Kier alpha value is -4.00. The number of nitrogens with two attached hydrogens (primary N) is 1. The summed E-state index contributed by atoms with van der Waals surface area (Å²) in [5, 5.41) is 0. The van der Waals surface area contributed by atoms with E-state index in [1.807, 2.05) is 43.4 Å². The van der Waals surface area contributed by atoms with Crippen LogP contribution in [-0.2, 0) is 6.42 Å². The zero-order chi connectivity index (χ0) is 23.8. The van der Waals surface area contributed by atoms with Crippen LogP contribution in [-0.4, -0.2) is 11.9 Å². The molecule has 0 saturated heterocycles. The quantitative estimate of drug-likeness (QED) is 0.299. The van der Waals surface area contributed by atoms with E-state index >= 15 is 0 Å². The first kappa shape index (κ1) is 23.7. The molecule has 2 heteroatoms. The summed E-state index contributed by atoms with van der Waals surface area (Å²) in [6.07, 6.45) is 2.63. The van der Waals surface area contributed by atoms with Gasteiger partial charge in [-0.05, 0) is 41.2 Å². The lowest BCUT2D eigenvalue weighted by Crippen LogP contribution is -2.18. The molecule has 33 heavy (non-hydrogen) atoms. The third kappa shape index (κ3) is 5.26. The van der Waals surface area contributed by atoms with Crippen molar-refractivity contribution in [2.45, 2.75) is 20.3 Å². The van der Waals surface area contributed by atoms with Crippen molar-refractivity contribution < 1.29 is 0 Å².